The number of fused-ring (bicyclic) bond motifs is 1. The number of carbonyl (C=O) groups is 2. The van der Waals surface area contributed by atoms with E-state index in [1.165, 1.54) is 0 Å². The largest absolute Gasteiger partial charge is 0.508 e. The van der Waals surface area contributed by atoms with Crippen LogP contribution in [0.5, 0.6) is 5.75 Å². The highest BCUT2D eigenvalue weighted by Crippen LogP contribution is 2.32. The summed E-state index contributed by atoms with van der Waals surface area (Å²) < 4.78 is 0. The molecule has 7 N–H and O–H groups in total. The predicted molar refractivity (Wildman–Crippen MR) is 91.9 cm³/mol. The number of benzene rings is 1. The van der Waals surface area contributed by atoms with E-state index in [1.807, 2.05) is 6.92 Å². The van der Waals surface area contributed by atoms with Crippen molar-refractivity contribution in [2.45, 2.75) is 38.3 Å². The fourth-order valence-corrected chi connectivity index (χ4v) is 2.78. The first kappa shape index (κ1) is 17.6. The molecule has 0 unspecified atom stereocenters. The van der Waals surface area contributed by atoms with Gasteiger partial charge in [-0.05, 0) is 37.0 Å². The maximum Gasteiger partial charge on any atom is 0.243 e. The molecule has 0 saturated heterocycles. The number of nitrogens with one attached hydrogen (secondary N) is 2. The van der Waals surface area contributed by atoms with Gasteiger partial charge in [-0.1, -0.05) is 0 Å². The molecule has 1 aliphatic rings. The first-order valence-electron chi connectivity index (χ1n) is 7.80. The number of carbonyl (C=O) groups excluding carboxylic acids is 2. The molecule has 0 aromatic heterocycles. The van der Waals surface area contributed by atoms with Crippen LogP contribution in [0.3, 0.4) is 0 Å². The van der Waals surface area contributed by atoms with Gasteiger partial charge in [-0.25, -0.2) is 0 Å². The molecule has 1 heterocycles. The zero-order valence-electron chi connectivity index (χ0n) is 13.6. The number of hydrogen-bond acceptors (Lipinski definition) is 5. The SMILES string of the molecule is Cc1cc(O)cc2c1C[C@@H](C(=O)N[C@@H](C=O)CCCN=C(N)N)N2. The summed E-state index contributed by atoms with van der Waals surface area (Å²) in [5, 5.41) is 15.4. The molecular formula is C16H23N5O3. The first-order chi connectivity index (χ1) is 11.4. The van der Waals surface area contributed by atoms with Gasteiger partial charge in [0.05, 0.1) is 6.04 Å². The molecule has 1 aromatic carbocycles. The van der Waals surface area contributed by atoms with E-state index in [0.717, 1.165) is 16.8 Å². The Kier molecular flexibility index (Phi) is 5.62. The molecule has 0 saturated carbocycles. The number of nitrogens with zero attached hydrogens (tertiary/aromatic N) is 1. The average Bonchev–Trinajstić information content (AvgIpc) is 2.94. The van der Waals surface area contributed by atoms with Gasteiger partial charge < -0.3 is 32.0 Å². The fraction of sp³-hybridized carbons (Fsp3) is 0.438. The molecule has 1 amide bonds. The Bertz CT molecular complexity index is 655. The Morgan fingerprint density at radius 2 is 2.29 bits per heavy atom. The van der Waals surface area contributed by atoms with Crippen LogP contribution < -0.4 is 22.1 Å². The van der Waals surface area contributed by atoms with Crippen LogP contribution in [0.25, 0.3) is 0 Å². The van der Waals surface area contributed by atoms with Crippen molar-refractivity contribution < 1.29 is 14.7 Å². The van der Waals surface area contributed by atoms with E-state index in [2.05, 4.69) is 15.6 Å². The average molecular weight is 333 g/mol. The minimum Gasteiger partial charge on any atom is -0.508 e. The zero-order valence-corrected chi connectivity index (χ0v) is 13.6. The van der Waals surface area contributed by atoms with Crippen LogP contribution in [0.2, 0.25) is 0 Å². The normalized spacial score (nSPS) is 16.6. The molecule has 2 rings (SSSR count). The lowest BCUT2D eigenvalue weighted by atomic mass is 10.0. The van der Waals surface area contributed by atoms with Crippen molar-refractivity contribution in [1.82, 2.24) is 5.32 Å². The number of aryl methyl sites for hydroxylation is 1. The second-order valence-corrected chi connectivity index (χ2v) is 5.89. The number of aldehydes is 1. The van der Waals surface area contributed by atoms with Gasteiger partial charge in [0.2, 0.25) is 5.91 Å². The molecule has 0 bridgehead atoms. The molecule has 0 spiro atoms. The minimum atomic E-state index is -0.577. The summed E-state index contributed by atoms with van der Waals surface area (Å²) in [6, 6.07) is 2.23. The van der Waals surface area contributed by atoms with E-state index < -0.39 is 12.1 Å². The van der Waals surface area contributed by atoms with Gasteiger partial charge in [0.15, 0.2) is 5.96 Å². The Balaban J connectivity index is 1.89. The monoisotopic (exact) mass is 333 g/mol. The summed E-state index contributed by atoms with van der Waals surface area (Å²) in [6.07, 6.45) is 2.29. The number of anilines is 1. The van der Waals surface area contributed by atoms with Crippen molar-refractivity contribution in [2.75, 3.05) is 11.9 Å². The number of rotatable bonds is 7. The fourth-order valence-electron chi connectivity index (χ4n) is 2.78. The van der Waals surface area contributed by atoms with Crippen molar-refractivity contribution in [3.05, 3.63) is 23.3 Å². The maximum absolute atomic E-state index is 12.4. The highest BCUT2D eigenvalue weighted by Gasteiger charge is 2.29. The Morgan fingerprint density at radius 1 is 1.54 bits per heavy atom. The predicted octanol–water partition coefficient (Wildman–Crippen LogP) is -0.225. The molecule has 8 nitrogen and oxygen atoms in total. The van der Waals surface area contributed by atoms with Crippen LogP contribution in [0.1, 0.15) is 24.0 Å². The Hall–Kier alpha value is -2.77. The van der Waals surface area contributed by atoms with Gasteiger partial charge in [-0.15, -0.1) is 0 Å². The summed E-state index contributed by atoms with van der Waals surface area (Å²) in [6.45, 7) is 2.30. The molecule has 8 heteroatoms. The van der Waals surface area contributed by atoms with Crippen LogP contribution in [0.4, 0.5) is 5.69 Å². The molecule has 0 fully saturated rings. The number of hydrogen-bond donors (Lipinski definition) is 5. The van der Waals surface area contributed by atoms with E-state index in [9.17, 15) is 14.7 Å². The number of phenolic OH excluding ortho intramolecular Hbond substituents is 1. The van der Waals surface area contributed by atoms with Crippen molar-refractivity contribution in [3.63, 3.8) is 0 Å². The van der Waals surface area contributed by atoms with Crippen LogP contribution in [0.15, 0.2) is 17.1 Å². The number of aromatic hydroxyl groups is 1. The zero-order chi connectivity index (χ0) is 17.7. The quantitative estimate of drug-likeness (QED) is 0.202. The van der Waals surface area contributed by atoms with E-state index >= 15 is 0 Å². The highest BCUT2D eigenvalue weighted by molar-refractivity contribution is 5.89. The molecule has 2 atom stereocenters. The van der Waals surface area contributed by atoms with E-state index in [1.54, 1.807) is 12.1 Å². The third-order valence-electron chi connectivity index (χ3n) is 3.97. The Labute approximate surface area is 140 Å². The standard InChI is InChI=1S/C16H23N5O3/c1-9-5-11(23)6-13-12(9)7-14(21-13)15(24)20-10(8-22)3-2-4-19-16(17)18/h5-6,8,10,14,21,23H,2-4,7H2,1H3,(H,20,24)(H4,17,18,19)/t10-,14+/m1/s1. The van der Waals surface area contributed by atoms with Crippen LogP contribution in [-0.4, -0.2) is 41.9 Å². The second kappa shape index (κ2) is 7.67. The summed E-state index contributed by atoms with van der Waals surface area (Å²) in [7, 11) is 0. The van der Waals surface area contributed by atoms with Crippen LogP contribution in [0, 0.1) is 6.92 Å². The molecule has 1 aliphatic heterocycles. The summed E-state index contributed by atoms with van der Waals surface area (Å²) in [4.78, 5) is 27.3. The lowest BCUT2D eigenvalue weighted by molar-refractivity contribution is -0.124. The molecule has 130 valence electrons. The van der Waals surface area contributed by atoms with E-state index in [-0.39, 0.29) is 17.6 Å². The molecular weight excluding hydrogens is 310 g/mol. The van der Waals surface area contributed by atoms with Crippen molar-refractivity contribution in [2.24, 2.45) is 16.5 Å². The van der Waals surface area contributed by atoms with E-state index in [0.29, 0.717) is 32.1 Å². The van der Waals surface area contributed by atoms with Crippen molar-refractivity contribution in [3.8, 4) is 5.75 Å². The van der Waals surface area contributed by atoms with Gasteiger partial charge in [-0.2, -0.15) is 0 Å². The summed E-state index contributed by atoms with van der Waals surface area (Å²) in [5.41, 5.74) is 13.1. The molecule has 0 aliphatic carbocycles. The Morgan fingerprint density at radius 3 is 2.96 bits per heavy atom. The van der Waals surface area contributed by atoms with Gasteiger partial charge in [0, 0.05) is 24.7 Å². The maximum atomic E-state index is 12.4. The number of amides is 1. The number of nitrogens with two attached hydrogens (primary N) is 2. The molecule has 1 aromatic rings. The lowest BCUT2D eigenvalue weighted by Crippen LogP contribution is -2.44. The summed E-state index contributed by atoms with van der Waals surface area (Å²) >= 11 is 0. The van der Waals surface area contributed by atoms with Gasteiger partial charge in [0.25, 0.3) is 0 Å². The highest BCUT2D eigenvalue weighted by atomic mass is 16.3. The van der Waals surface area contributed by atoms with Gasteiger partial charge >= 0.3 is 0 Å². The third kappa shape index (κ3) is 4.37. The minimum absolute atomic E-state index is 0.00762. The number of guanidine groups is 1. The smallest absolute Gasteiger partial charge is 0.243 e. The topological polar surface area (TPSA) is 143 Å². The second-order valence-electron chi connectivity index (χ2n) is 5.89. The lowest BCUT2D eigenvalue weighted by Gasteiger charge is -2.16. The number of phenols is 1. The van der Waals surface area contributed by atoms with E-state index in [4.69, 9.17) is 11.5 Å². The van der Waals surface area contributed by atoms with Crippen molar-refractivity contribution >= 4 is 23.8 Å². The summed E-state index contributed by atoms with van der Waals surface area (Å²) in [5.74, 6) is -0.0810. The molecule has 24 heavy (non-hydrogen) atoms. The third-order valence-corrected chi connectivity index (χ3v) is 3.97. The number of aliphatic imine (C=N–C) groups is 1. The first-order valence-corrected chi connectivity index (χ1v) is 7.80. The van der Waals surface area contributed by atoms with Gasteiger partial charge in [-0.3, -0.25) is 9.79 Å². The van der Waals surface area contributed by atoms with Gasteiger partial charge in [0.1, 0.15) is 18.1 Å². The molecule has 0 radical (unpaired) electrons. The van der Waals surface area contributed by atoms with Crippen molar-refractivity contribution in [1.29, 1.82) is 0 Å². The van der Waals surface area contributed by atoms with Crippen LogP contribution in [-0.2, 0) is 16.0 Å². The van der Waals surface area contributed by atoms with Crippen LogP contribution >= 0.6 is 0 Å².